The molecule has 4 heterocycles. The predicted octanol–water partition coefficient (Wildman–Crippen LogP) is 6.10. The highest BCUT2D eigenvalue weighted by molar-refractivity contribution is 5.94. The highest BCUT2D eigenvalue weighted by Gasteiger charge is 2.55. The number of hydrogen-bond donors (Lipinski definition) is 2. The number of hydrogen-bond acceptors (Lipinski definition) is 7. The van der Waals surface area contributed by atoms with Crippen molar-refractivity contribution in [1.82, 2.24) is 30.3 Å². The van der Waals surface area contributed by atoms with Crippen LogP contribution in [-0.2, 0) is 9.53 Å². The molecule has 1 spiro atoms. The Morgan fingerprint density at radius 2 is 1.71 bits per heavy atom. The minimum atomic E-state index is -0.540. The van der Waals surface area contributed by atoms with E-state index in [9.17, 15) is 18.8 Å². The quantitative estimate of drug-likeness (QED) is 0.381. The Morgan fingerprint density at radius 1 is 1.02 bits per heavy atom. The van der Waals surface area contributed by atoms with Crippen molar-refractivity contribution in [1.29, 1.82) is 0 Å². The molecule has 2 aromatic heterocycles. The standard InChI is InChI=1S/C36H51FN6O5/c1-21-15-25(16-22(2)43(21)34(46)48-35(3,4)5)23-7-9-26(10-8-23)39-32(44)24-11-14-42(36(19-24)12-13-36)33(45)30-18-29(40-41-30)27-17-31(47-6)38-20-28(27)37/h17-18,20-26H,7-16,19H2,1-6H3,(H,39,44)(H,40,41)/t21-,22+,23?,24-,25?,26?/m0/s1. The van der Waals surface area contributed by atoms with Crippen LogP contribution in [0.2, 0.25) is 0 Å². The molecular weight excluding hydrogens is 615 g/mol. The third-order valence-electron chi connectivity index (χ3n) is 11.1. The lowest BCUT2D eigenvalue weighted by molar-refractivity contribution is -0.128. The topological polar surface area (TPSA) is 130 Å². The molecule has 6 rings (SSSR count). The van der Waals surface area contributed by atoms with Crippen molar-refractivity contribution in [2.24, 2.45) is 17.8 Å². The van der Waals surface area contributed by atoms with E-state index in [1.807, 2.05) is 30.6 Å². The molecule has 4 fully saturated rings. The van der Waals surface area contributed by atoms with Crippen LogP contribution in [0.5, 0.6) is 5.88 Å². The Kier molecular flexibility index (Phi) is 9.47. The fraction of sp³-hybridized carbons (Fsp3) is 0.694. The van der Waals surface area contributed by atoms with Crippen molar-refractivity contribution in [2.45, 2.75) is 128 Å². The molecule has 0 bridgehead atoms. The van der Waals surface area contributed by atoms with Crippen molar-refractivity contribution < 1.29 is 28.2 Å². The third kappa shape index (κ3) is 7.17. The number of aromatic nitrogens is 3. The normalized spacial score (nSPS) is 28.6. The molecule has 2 saturated heterocycles. The first kappa shape index (κ1) is 34.2. The number of H-pyrrole nitrogens is 1. The number of ether oxygens (including phenoxy) is 2. The monoisotopic (exact) mass is 666 g/mol. The van der Waals surface area contributed by atoms with E-state index in [0.29, 0.717) is 36.9 Å². The average molecular weight is 667 g/mol. The fourth-order valence-corrected chi connectivity index (χ4v) is 8.54. The summed E-state index contributed by atoms with van der Waals surface area (Å²) >= 11 is 0. The summed E-state index contributed by atoms with van der Waals surface area (Å²) in [5.74, 6) is 0.680. The van der Waals surface area contributed by atoms with Crippen LogP contribution in [0.1, 0.15) is 109 Å². The van der Waals surface area contributed by atoms with Crippen molar-refractivity contribution >= 4 is 17.9 Å². The molecule has 0 radical (unpaired) electrons. The van der Waals surface area contributed by atoms with E-state index in [2.05, 4.69) is 34.3 Å². The smallest absolute Gasteiger partial charge is 0.410 e. The van der Waals surface area contributed by atoms with Crippen LogP contribution in [0.3, 0.4) is 0 Å². The third-order valence-corrected chi connectivity index (χ3v) is 11.1. The molecule has 11 nitrogen and oxygen atoms in total. The van der Waals surface area contributed by atoms with E-state index in [1.54, 1.807) is 6.07 Å². The zero-order valence-electron chi connectivity index (χ0n) is 29.2. The SMILES string of the molecule is COc1cc(-c2cc(C(=O)N3CC[C@H](C(=O)NC4CCC(C5C[C@@H](C)N(C(=O)OC(C)(C)C)[C@@H](C)C5)CC4)CC34CC4)n[nH]2)c(F)cn1. The van der Waals surface area contributed by atoms with Gasteiger partial charge in [-0.3, -0.25) is 14.7 Å². The van der Waals surface area contributed by atoms with Gasteiger partial charge in [0.25, 0.3) is 5.91 Å². The van der Waals surface area contributed by atoms with Gasteiger partial charge in [0.2, 0.25) is 11.8 Å². The van der Waals surface area contributed by atoms with Gasteiger partial charge in [-0.15, -0.1) is 0 Å². The van der Waals surface area contributed by atoms with E-state index < -0.39 is 11.4 Å². The van der Waals surface area contributed by atoms with Gasteiger partial charge in [-0.1, -0.05) is 0 Å². The second-order valence-electron chi connectivity index (χ2n) is 15.7. The van der Waals surface area contributed by atoms with E-state index in [0.717, 1.165) is 57.6 Å². The van der Waals surface area contributed by atoms with Crippen LogP contribution in [0.15, 0.2) is 18.3 Å². The molecule has 4 aliphatic rings. The second-order valence-corrected chi connectivity index (χ2v) is 15.7. The van der Waals surface area contributed by atoms with Crippen LogP contribution in [0.4, 0.5) is 9.18 Å². The van der Waals surface area contributed by atoms with Crippen molar-refractivity contribution in [3.8, 4) is 17.1 Å². The lowest BCUT2D eigenvalue weighted by atomic mass is 9.71. The van der Waals surface area contributed by atoms with Gasteiger partial charge in [0.05, 0.1) is 19.0 Å². The number of amides is 3. The summed E-state index contributed by atoms with van der Waals surface area (Å²) in [6, 6.07) is 3.49. The average Bonchev–Trinajstić information content (AvgIpc) is 3.60. The van der Waals surface area contributed by atoms with Gasteiger partial charge in [0.1, 0.15) is 5.60 Å². The number of aromatic amines is 1. The number of halogens is 1. The minimum absolute atomic E-state index is 0.105. The van der Waals surface area contributed by atoms with Gasteiger partial charge in [-0.2, -0.15) is 5.10 Å². The first-order valence-electron chi connectivity index (χ1n) is 17.7. The summed E-state index contributed by atoms with van der Waals surface area (Å²) in [6.45, 7) is 10.5. The summed E-state index contributed by atoms with van der Waals surface area (Å²) in [6.07, 6.45) is 9.93. The molecule has 2 N–H and O–H groups in total. The Hall–Kier alpha value is -3.70. The molecule has 2 aliphatic heterocycles. The summed E-state index contributed by atoms with van der Waals surface area (Å²) in [4.78, 5) is 47.6. The number of nitrogens with zero attached hydrogens (tertiary/aromatic N) is 4. The molecule has 1 unspecified atom stereocenters. The molecular formula is C36H51FN6O5. The van der Waals surface area contributed by atoms with Crippen molar-refractivity contribution in [3.63, 3.8) is 0 Å². The van der Waals surface area contributed by atoms with Crippen LogP contribution >= 0.6 is 0 Å². The van der Waals surface area contributed by atoms with Gasteiger partial charge in [0.15, 0.2) is 11.5 Å². The number of methoxy groups -OCH3 is 1. The molecule has 0 aromatic carbocycles. The second kappa shape index (κ2) is 13.3. The predicted molar refractivity (Wildman–Crippen MR) is 178 cm³/mol. The molecule has 4 atom stereocenters. The Bertz CT molecular complexity index is 1500. The summed E-state index contributed by atoms with van der Waals surface area (Å²) in [5.41, 5.74) is 0.00680. The summed E-state index contributed by atoms with van der Waals surface area (Å²) < 4.78 is 25.3. The minimum Gasteiger partial charge on any atom is -0.481 e. The van der Waals surface area contributed by atoms with Gasteiger partial charge in [-0.25, -0.2) is 14.2 Å². The maximum atomic E-state index is 14.5. The first-order chi connectivity index (χ1) is 22.8. The highest BCUT2D eigenvalue weighted by atomic mass is 19.1. The van der Waals surface area contributed by atoms with E-state index in [-0.39, 0.29) is 64.6 Å². The number of nitrogens with one attached hydrogen (secondary N) is 2. The molecule has 48 heavy (non-hydrogen) atoms. The van der Waals surface area contributed by atoms with Gasteiger partial charge >= 0.3 is 6.09 Å². The summed E-state index contributed by atoms with van der Waals surface area (Å²) in [5, 5.41) is 10.4. The van der Waals surface area contributed by atoms with Crippen molar-refractivity contribution in [3.05, 3.63) is 29.8 Å². The molecule has 2 saturated carbocycles. The molecule has 2 aromatic rings. The van der Waals surface area contributed by atoms with Crippen LogP contribution in [0.25, 0.3) is 11.3 Å². The highest BCUT2D eigenvalue weighted by Crippen LogP contribution is 2.51. The summed E-state index contributed by atoms with van der Waals surface area (Å²) in [7, 11) is 1.46. The number of carbonyl (C=O) groups is 3. The molecule has 262 valence electrons. The van der Waals surface area contributed by atoms with E-state index >= 15 is 0 Å². The largest absolute Gasteiger partial charge is 0.481 e. The Balaban J connectivity index is 0.987. The maximum absolute atomic E-state index is 14.5. The molecule has 2 aliphatic carbocycles. The zero-order valence-corrected chi connectivity index (χ0v) is 29.2. The Morgan fingerprint density at radius 3 is 2.33 bits per heavy atom. The number of piperidine rings is 2. The lowest BCUT2D eigenvalue weighted by Gasteiger charge is -2.46. The number of likely N-dealkylation sites (tertiary alicyclic amines) is 2. The molecule has 3 amide bonds. The van der Waals surface area contributed by atoms with Crippen molar-refractivity contribution in [2.75, 3.05) is 13.7 Å². The fourth-order valence-electron chi connectivity index (χ4n) is 8.54. The van der Waals surface area contributed by atoms with Crippen LogP contribution in [-0.4, -0.2) is 85.8 Å². The van der Waals surface area contributed by atoms with E-state index in [4.69, 9.17) is 9.47 Å². The lowest BCUT2D eigenvalue weighted by Crippen LogP contribution is -2.53. The van der Waals surface area contributed by atoms with E-state index in [1.165, 1.54) is 13.2 Å². The number of rotatable bonds is 6. The zero-order chi connectivity index (χ0) is 34.4. The number of carbonyl (C=O) groups excluding carboxylic acids is 3. The van der Waals surface area contributed by atoms with Crippen LogP contribution in [0, 0.1) is 23.6 Å². The van der Waals surface area contributed by atoms with Gasteiger partial charge in [-0.05, 0) is 117 Å². The maximum Gasteiger partial charge on any atom is 0.410 e. The molecule has 12 heteroatoms. The van der Waals surface area contributed by atoms with Gasteiger partial charge < -0.3 is 24.6 Å². The Labute approximate surface area is 282 Å². The van der Waals surface area contributed by atoms with Gasteiger partial charge in [0, 0.05) is 47.8 Å². The van der Waals surface area contributed by atoms with Crippen LogP contribution < -0.4 is 10.1 Å². The first-order valence-corrected chi connectivity index (χ1v) is 17.7. The number of pyridine rings is 1.